The quantitative estimate of drug-likeness (QED) is 0.290. The summed E-state index contributed by atoms with van der Waals surface area (Å²) in [6.45, 7) is 6.39. The monoisotopic (exact) mass is 328 g/mol. The fourth-order valence-corrected chi connectivity index (χ4v) is 3.85. The summed E-state index contributed by atoms with van der Waals surface area (Å²) in [6, 6.07) is 0. The van der Waals surface area contributed by atoms with Gasteiger partial charge < -0.3 is 14.2 Å². The van der Waals surface area contributed by atoms with Crippen molar-refractivity contribution < 1.29 is 14.2 Å². The summed E-state index contributed by atoms with van der Waals surface area (Å²) < 4.78 is 17.0. The Morgan fingerprint density at radius 3 is 2.04 bits per heavy atom. The maximum Gasteiger partial charge on any atom is 0.170 e. The third-order valence-corrected chi connectivity index (χ3v) is 5.58. The summed E-state index contributed by atoms with van der Waals surface area (Å²) in [6.07, 6.45) is 14.0. The van der Waals surface area contributed by atoms with Crippen LogP contribution in [0.1, 0.15) is 84.5 Å². The van der Waals surface area contributed by atoms with Crippen molar-refractivity contribution in [3.05, 3.63) is 0 Å². The molecule has 1 unspecified atom stereocenters. The molecule has 0 amide bonds. The molecular weight excluding hydrogens is 288 g/mol. The average molecular weight is 329 g/mol. The van der Waals surface area contributed by atoms with Crippen LogP contribution in [0.15, 0.2) is 0 Å². The number of ether oxygens (including phenoxy) is 3. The van der Waals surface area contributed by atoms with Crippen LogP contribution in [0, 0.1) is 11.8 Å². The normalized spacial score (nSPS) is 17.2. The van der Waals surface area contributed by atoms with E-state index in [4.69, 9.17) is 14.2 Å². The van der Waals surface area contributed by atoms with Gasteiger partial charge >= 0.3 is 0 Å². The van der Waals surface area contributed by atoms with Crippen molar-refractivity contribution >= 4 is 0 Å². The van der Waals surface area contributed by atoms with Crippen LogP contribution in [0.4, 0.5) is 0 Å². The predicted molar refractivity (Wildman–Crippen MR) is 96.7 cm³/mol. The number of methoxy groups -OCH3 is 2. The van der Waals surface area contributed by atoms with Crippen LogP contribution in [0.3, 0.4) is 0 Å². The lowest BCUT2D eigenvalue weighted by Gasteiger charge is -2.38. The Morgan fingerprint density at radius 1 is 0.913 bits per heavy atom. The van der Waals surface area contributed by atoms with Crippen LogP contribution in [-0.4, -0.2) is 33.2 Å². The molecule has 0 aromatic carbocycles. The van der Waals surface area contributed by atoms with Crippen LogP contribution in [0.2, 0.25) is 0 Å². The van der Waals surface area contributed by atoms with Crippen LogP contribution in [0.25, 0.3) is 0 Å². The highest BCUT2D eigenvalue weighted by Gasteiger charge is 2.37. The topological polar surface area (TPSA) is 27.7 Å². The molecule has 1 aliphatic rings. The van der Waals surface area contributed by atoms with Gasteiger partial charge in [0.25, 0.3) is 0 Å². The fraction of sp³-hybridized carbons (Fsp3) is 1.00. The molecule has 3 heteroatoms. The molecule has 23 heavy (non-hydrogen) atoms. The van der Waals surface area contributed by atoms with E-state index in [0.717, 1.165) is 25.6 Å². The third kappa shape index (κ3) is 7.11. The number of hydrogen-bond acceptors (Lipinski definition) is 3. The van der Waals surface area contributed by atoms with Gasteiger partial charge in [0.15, 0.2) is 5.79 Å². The van der Waals surface area contributed by atoms with E-state index in [1.54, 1.807) is 14.2 Å². The van der Waals surface area contributed by atoms with E-state index in [1.807, 2.05) is 0 Å². The molecule has 0 radical (unpaired) electrons. The van der Waals surface area contributed by atoms with E-state index in [9.17, 15) is 0 Å². The van der Waals surface area contributed by atoms with Gasteiger partial charge in [-0.2, -0.15) is 0 Å². The molecule has 3 nitrogen and oxygen atoms in total. The molecule has 0 saturated carbocycles. The Labute approximate surface area is 144 Å². The number of unbranched alkanes of at least 4 members (excludes halogenated alkanes) is 5. The Kier molecular flexibility index (Phi) is 11.2. The molecule has 0 N–H and O–H groups in total. The molecule has 1 fully saturated rings. The van der Waals surface area contributed by atoms with Gasteiger partial charge in [0.1, 0.15) is 0 Å². The zero-order chi connectivity index (χ0) is 17.0. The van der Waals surface area contributed by atoms with Crippen LogP contribution in [-0.2, 0) is 14.2 Å². The van der Waals surface area contributed by atoms with E-state index < -0.39 is 0 Å². The Hall–Kier alpha value is -0.120. The minimum atomic E-state index is -0.389. The lowest BCUT2D eigenvalue weighted by atomic mass is 9.84. The lowest BCUT2D eigenvalue weighted by Crippen LogP contribution is -2.41. The van der Waals surface area contributed by atoms with Gasteiger partial charge in [-0.3, -0.25) is 0 Å². The zero-order valence-electron chi connectivity index (χ0n) is 16.1. The first-order valence-electron chi connectivity index (χ1n) is 9.90. The average Bonchev–Trinajstić information content (AvgIpc) is 2.54. The van der Waals surface area contributed by atoms with Crippen LogP contribution < -0.4 is 0 Å². The molecule has 138 valence electrons. The lowest BCUT2D eigenvalue weighted by molar-refractivity contribution is -0.244. The molecule has 0 aromatic heterocycles. The zero-order valence-corrected chi connectivity index (χ0v) is 16.1. The van der Waals surface area contributed by atoms with Gasteiger partial charge in [-0.1, -0.05) is 58.8 Å². The number of rotatable bonds is 15. The van der Waals surface area contributed by atoms with Gasteiger partial charge in [-0.25, -0.2) is 0 Å². The molecule has 0 aromatic rings. The highest BCUT2D eigenvalue weighted by atomic mass is 16.7. The molecule has 0 aliphatic carbocycles. The molecular formula is C20H40O3. The van der Waals surface area contributed by atoms with E-state index in [-0.39, 0.29) is 5.79 Å². The SMILES string of the molecule is CCCCCCCCC(CCCC1COC1)C(CC)(OC)OC. The first-order valence-corrected chi connectivity index (χ1v) is 9.90. The maximum atomic E-state index is 5.84. The second-order valence-electron chi connectivity index (χ2n) is 7.16. The summed E-state index contributed by atoms with van der Waals surface area (Å²) in [5.41, 5.74) is 0. The van der Waals surface area contributed by atoms with Gasteiger partial charge in [-0.05, 0) is 25.7 Å². The van der Waals surface area contributed by atoms with E-state index in [2.05, 4.69) is 13.8 Å². The first-order chi connectivity index (χ1) is 11.2. The first kappa shape index (κ1) is 20.9. The molecule has 1 atom stereocenters. The van der Waals surface area contributed by atoms with Crippen molar-refractivity contribution in [3.8, 4) is 0 Å². The van der Waals surface area contributed by atoms with Crippen LogP contribution in [0.5, 0.6) is 0 Å². The molecule has 1 heterocycles. The standard InChI is InChI=1S/C20H40O3/c1-5-7-8-9-10-11-14-19(20(6-2,21-3)22-4)15-12-13-18-16-23-17-18/h18-19H,5-17H2,1-4H3. The van der Waals surface area contributed by atoms with Crippen molar-refractivity contribution in [2.45, 2.75) is 90.3 Å². The van der Waals surface area contributed by atoms with Crippen molar-refractivity contribution in [1.29, 1.82) is 0 Å². The van der Waals surface area contributed by atoms with Gasteiger partial charge in [-0.15, -0.1) is 0 Å². The third-order valence-electron chi connectivity index (χ3n) is 5.58. The summed E-state index contributed by atoms with van der Waals surface area (Å²) in [4.78, 5) is 0. The van der Waals surface area contributed by atoms with Gasteiger partial charge in [0.05, 0.1) is 13.2 Å². The van der Waals surface area contributed by atoms with E-state index in [1.165, 1.54) is 64.2 Å². The molecule has 1 aliphatic heterocycles. The molecule has 1 rings (SSSR count). The highest BCUT2D eigenvalue weighted by Crippen LogP contribution is 2.35. The van der Waals surface area contributed by atoms with Crippen LogP contribution >= 0.6 is 0 Å². The van der Waals surface area contributed by atoms with Crippen molar-refractivity contribution in [2.75, 3.05) is 27.4 Å². The second-order valence-corrected chi connectivity index (χ2v) is 7.16. The van der Waals surface area contributed by atoms with E-state index >= 15 is 0 Å². The minimum absolute atomic E-state index is 0.389. The van der Waals surface area contributed by atoms with Crippen molar-refractivity contribution in [3.63, 3.8) is 0 Å². The minimum Gasteiger partial charge on any atom is -0.381 e. The van der Waals surface area contributed by atoms with Crippen molar-refractivity contribution in [1.82, 2.24) is 0 Å². The summed E-state index contributed by atoms with van der Waals surface area (Å²) in [5.74, 6) is 0.917. The van der Waals surface area contributed by atoms with Gasteiger partial charge in [0, 0.05) is 26.1 Å². The molecule has 0 spiro atoms. The van der Waals surface area contributed by atoms with E-state index in [0.29, 0.717) is 5.92 Å². The van der Waals surface area contributed by atoms with Crippen molar-refractivity contribution in [2.24, 2.45) is 11.8 Å². The second kappa shape index (κ2) is 12.3. The Bertz CT molecular complexity index is 264. The summed E-state index contributed by atoms with van der Waals surface area (Å²) in [5, 5.41) is 0. The predicted octanol–water partition coefficient (Wildman–Crippen LogP) is 5.57. The molecule has 1 saturated heterocycles. The fourth-order valence-electron chi connectivity index (χ4n) is 3.85. The Morgan fingerprint density at radius 2 is 1.52 bits per heavy atom. The molecule has 0 bridgehead atoms. The van der Waals surface area contributed by atoms with Gasteiger partial charge in [0.2, 0.25) is 0 Å². The Balaban J connectivity index is 2.39. The summed E-state index contributed by atoms with van der Waals surface area (Å²) in [7, 11) is 3.61. The highest BCUT2D eigenvalue weighted by molar-refractivity contribution is 4.79. The smallest absolute Gasteiger partial charge is 0.170 e. The largest absolute Gasteiger partial charge is 0.381 e. The number of hydrogen-bond donors (Lipinski definition) is 0. The summed E-state index contributed by atoms with van der Waals surface area (Å²) >= 11 is 0. The maximum absolute atomic E-state index is 5.84.